The van der Waals surface area contributed by atoms with Gasteiger partial charge in [0.1, 0.15) is 0 Å². The number of hydrogen-bond acceptors (Lipinski definition) is 7. The quantitative estimate of drug-likeness (QED) is 0.416. The molecule has 0 aliphatic rings. The van der Waals surface area contributed by atoms with Gasteiger partial charge in [0.2, 0.25) is 5.82 Å². The van der Waals surface area contributed by atoms with Crippen molar-refractivity contribution in [2.45, 2.75) is 46.2 Å². The summed E-state index contributed by atoms with van der Waals surface area (Å²) in [4.78, 5) is 42.4. The van der Waals surface area contributed by atoms with E-state index in [2.05, 4.69) is 20.6 Å². The number of carbonyl (C=O) groups is 1. The summed E-state index contributed by atoms with van der Waals surface area (Å²) in [5, 5.41) is 10.8. The second-order valence-corrected chi connectivity index (χ2v) is 8.25. The average molecular weight is 475 g/mol. The Bertz CT molecular complexity index is 1440. The maximum Gasteiger partial charge on any atom is 0.352 e. The van der Waals surface area contributed by atoms with Crippen LogP contribution in [0.3, 0.4) is 0 Å². The van der Waals surface area contributed by atoms with E-state index in [-0.39, 0.29) is 30.0 Å². The van der Waals surface area contributed by atoms with Crippen molar-refractivity contribution in [3.05, 3.63) is 92.5 Å². The molecule has 180 valence electrons. The number of amides is 1. The fourth-order valence-corrected chi connectivity index (χ4v) is 3.59. The number of rotatable bonds is 8. The lowest BCUT2D eigenvalue weighted by molar-refractivity contribution is 0.0894. The topological polar surface area (TPSA) is 125 Å². The van der Waals surface area contributed by atoms with E-state index in [4.69, 9.17) is 4.52 Å². The highest BCUT2D eigenvalue weighted by Gasteiger charge is 2.23. The van der Waals surface area contributed by atoms with Crippen LogP contribution >= 0.6 is 0 Å². The predicted octanol–water partition coefficient (Wildman–Crippen LogP) is 2.52. The molecule has 0 radical (unpaired) electrons. The van der Waals surface area contributed by atoms with Crippen LogP contribution in [0.25, 0.3) is 17.2 Å². The Balaban J connectivity index is 1.57. The molecule has 0 fully saturated rings. The van der Waals surface area contributed by atoms with Crippen molar-refractivity contribution in [3.63, 3.8) is 0 Å². The number of carbonyl (C=O) groups excluding carboxylic acids is 1. The summed E-state index contributed by atoms with van der Waals surface area (Å²) in [7, 11) is 0. The van der Waals surface area contributed by atoms with Crippen LogP contribution in [-0.4, -0.2) is 36.4 Å². The monoisotopic (exact) mass is 474 g/mol. The minimum absolute atomic E-state index is 0.128. The molecule has 10 nitrogen and oxygen atoms in total. The summed E-state index contributed by atoms with van der Waals surface area (Å²) in [6.07, 6.45) is 1.53. The molecule has 4 rings (SSSR count). The third-order valence-corrected chi connectivity index (χ3v) is 5.57. The van der Waals surface area contributed by atoms with Gasteiger partial charge in [-0.25, -0.2) is 4.79 Å². The first-order chi connectivity index (χ1) is 16.9. The van der Waals surface area contributed by atoms with Crippen molar-refractivity contribution in [3.8, 4) is 17.2 Å². The van der Waals surface area contributed by atoms with Crippen molar-refractivity contribution in [2.24, 2.45) is 0 Å². The SMILES string of the molecule is CCn1c(=O)c(-c2noc(C(=O)NC(C)CCc3ccccc3)n2)nn(-c2ccc(C)cc2)c1=O. The zero-order valence-electron chi connectivity index (χ0n) is 19.8. The van der Waals surface area contributed by atoms with E-state index in [1.165, 1.54) is 5.56 Å². The Morgan fingerprint density at radius 3 is 2.49 bits per heavy atom. The highest BCUT2D eigenvalue weighted by atomic mass is 16.5. The number of aryl methyl sites for hydroxylation is 2. The molecule has 1 amide bonds. The second-order valence-electron chi connectivity index (χ2n) is 8.25. The molecule has 2 aromatic heterocycles. The molecule has 0 aliphatic carbocycles. The lowest BCUT2D eigenvalue weighted by atomic mass is 10.1. The molecule has 0 saturated carbocycles. The van der Waals surface area contributed by atoms with Gasteiger partial charge in [-0.2, -0.15) is 14.8 Å². The fourth-order valence-electron chi connectivity index (χ4n) is 3.59. The van der Waals surface area contributed by atoms with Crippen molar-refractivity contribution >= 4 is 5.91 Å². The van der Waals surface area contributed by atoms with Gasteiger partial charge in [0, 0.05) is 12.6 Å². The van der Waals surface area contributed by atoms with E-state index in [9.17, 15) is 14.4 Å². The number of nitrogens with zero attached hydrogens (tertiary/aromatic N) is 5. The lowest BCUT2D eigenvalue weighted by Crippen LogP contribution is -2.41. The minimum atomic E-state index is -0.662. The molecule has 10 heteroatoms. The van der Waals surface area contributed by atoms with Gasteiger partial charge in [-0.05, 0) is 51.3 Å². The Kier molecular flexibility index (Phi) is 7.00. The van der Waals surface area contributed by atoms with Crippen LogP contribution in [0.15, 0.2) is 68.7 Å². The van der Waals surface area contributed by atoms with Gasteiger partial charge >= 0.3 is 17.5 Å². The normalized spacial score (nSPS) is 11.9. The molecule has 0 saturated heterocycles. The summed E-state index contributed by atoms with van der Waals surface area (Å²) in [6.45, 7) is 5.62. The Morgan fingerprint density at radius 1 is 1.09 bits per heavy atom. The van der Waals surface area contributed by atoms with Crippen LogP contribution in [0.1, 0.15) is 42.1 Å². The first-order valence-corrected chi connectivity index (χ1v) is 11.4. The summed E-state index contributed by atoms with van der Waals surface area (Å²) in [5.74, 6) is -1.00. The van der Waals surface area contributed by atoms with Crippen LogP contribution in [0.5, 0.6) is 0 Å². The van der Waals surface area contributed by atoms with Crippen LogP contribution in [0.4, 0.5) is 0 Å². The van der Waals surface area contributed by atoms with Gasteiger partial charge in [0.05, 0.1) is 5.69 Å². The van der Waals surface area contributed by atoms with Crippen molar-refractivity contribution in [1.29, 1.82) is 0 Å². The maximum absolute atomic E-state index is 12.9. The molecule has 0 bridgehead atoms. The smallest absolute Gasteiger partial charge is 0.345 e. The largest absolute Gasteiger partial charge is 0.352 e. The molecule has 35 heavy (non-hydrogen) atoms. The van der Waals surface area contributed by atoms with E-state index in [0.717, 1.165) is 27.7 Å². The van der Waals surface area contributed by atoms with Gasteiger partial charge in [0.15, 0.2) is 5.69 Å². The van der Waals surface area contributed by atoms with Crippen LogP contribution in [0.2, 0.25) is 0 Å². The molecular weight excluding hydrogens is 448 g/mol. The third kappa shape index (κ3) is 5.26. The standard InChI is InChI=1S/C25H26N6O4/c1-4-30-24(33)20(28-31(25(30)34)19-14-10-16(2)11-15-19)21-27-23(35-29-21)22(32)26-17(3)12-13-18-8-6-5-7-9-18/h5-11,14-15,17H,4,12-13H2,1-3H3,(H,26,32). The van der Waals surface area contributed by atoms with Crippen LogP contribution in [0, 0.1) is 6.92 Å². The zero-order chi connectivity index (χ0) is 24.9. The molecule has 1 N–H and O–H groups in total. The first kappa shape index (κ1) is 23.8. The Hall–Kier alpha value is -4.34. The summed E-state index contributed by atoms with van der Waals surface area (Å²) >= 11 is 0. The number of aromatic nitrogens is 5. The zero-order valence-corrected chi connectivity index (χ0v) is 19.8. The highest BCUT2D eigenvalue weighted by molar-refractivity contribution is 5.90. The number of benzene rings is 2. The van der Waals surface area contributed by atoms with E-state index < -0.39 is 17.2 Å². The van der Waals surface area contributed by atoms with Gasteiger partial charge < -0.3 is 9.84 Å². The van der Waals surface area contributed by atoms with E-state index in [0.29, 0.717) is 5.69 Å². The maximum atomic E-state index is 12.9. The average Bonchev–Trinajstić information content (AvgIpc) is 3.35. The van der Waals surface area contributed by atoms with Gasteiger partial charge in [-0.15, -0.1) is 0 Å². The molecule has 1 unspecified atom stereocenters. The third-order valence-electron chi connectivity index (χ3n) is 5.57. The van der Waals surface area contributed by atoms with E-state index in [1.54, 1.807) is 19.1 Å². The summed E-state index contributed by atoms with van der Waals surface area (Å²) in [6, 6.07) is 16.9. The van der Waals surface area contributed by atoms with Crippen molar-refractivity contribution < 1.29 is 9.32 Å². The number of hydrogen-bond donors (Lipinski definition) is 1. The Labute approximate surface area is 201 Å². The molecule has 2 heterocycles. The van der Waals surface area contributed by atoms with Gasteiger partial charge in [0.25, 0.3) is 5.56 Å². The van der Waals surface area contributed by atoms with Crippen LogP contribution < -0.4 is 16.6 Å². The highest BCUT2D eigenvalue weighted by Crippen LogP contribution is 2.11. The van der Waals surface area contributed by atoms with Crippen molar-refractivity contribution in [1.82, 2.24) is 29.8 Å². The minimum Gasteiger partial charge on any atom is -0.345 e. The van der Waals surface area contributed by atoms with Crippen LogP contribution in [-0.2, 0) is 13.0 Å². The van der Waals surface area contributed by atoms with Gasteiger partial charge in [-0.1, -0.05) is 53.2 Å². The van der Waals surface area contributed by atoms with E-state index in [1.807, 2.05) is 56.3 Å². The summed E-state index contributed by atoms with van der Waals surface area (Å²) in [5.41, 5.74) is 1.24. The number of nitrogens with one attached hydrogen (secondary N) is 1. The molecule has 1 atom stereocenters. The molecular formula is C25H26N6O4. The van der Waals surface area contributed by atoms with Crippen molar-refractivity contribution in [2.75, 3.05) is 0 Å². The predicted molar refractivity (Wildman–Crippen MR) is 129 cm³/mol. The Morgan fingerprint density at radius 2 is 1.80 bits per heavy atom. The van der Waals surface area contributed by atoms with Gasteiger partial charge in [-0.3, -0.25) is 14.2 Å². The van der Waals surface area contributed by atoms with E-state index >= 15 is 0 Å². The molecule has 0 aliphatic heterocycles. The summed E-state index contributed by atoms with van der Waals surface area (Å²) < 4.78 is 7.26. The lowest BCUT2D eigenvalue weighted by Gasteiger charge is -2.12. The first-order valence-electron chi connectivity index (χ1n) is 11.4. The fraction of sp³-hybridized carbons (Fsp3) is 0.280. The molecule has 0 spiro atoms. The molecule has 4 aromatic rings. The molecule has 2 aromatic carbocycles. The second kappa shape index (κ2) is 10.3.